The van der Waals surface area contributed by atoms with Crippen LogP contribution in [0, 0.1) is 6.07 Å². The molecule has 211 valence electrons. The smallest absolute Gasteiger partial charge is 0.155 e. The minimum Gasteiger partial charge on any atom is -0.512 e. The van der Waals surface area contributed by atoms with Gasteiger partial charge in [0, 0.05) is 37.8 Å². The number of ketones is 1. The molecule has 1 aromatic heterocycles. The van der Waals surface area contributed by atoms with Crippen molar-refractivity contribution in [1.82, 2.24) is 4.98 Å². The van der Waals surface area contributed by atoms with Crippen molar-refractivity contribution in [3.63, 3.8) is 0 Å². The summed E-state index contributed by atoms with van der Waals surface area (Å²) >= 11 is 0. The number of carbonyl (C=O) groups excluding carboxylic acids is 1. The number of allylic oxidation sites excluding steroid dienone is 2. The van der Waals surface area contributed by atoms with Crippen LogP contribution < -0.4 is 0 Å². The molecule has 1 aliphatic rings. The number of aliphatic hydroxyl groups is 1. The van der Waals surface area contributed by atoms with Crippen molar-refractivity contribution >= 4 is 5.78 Å². The van der Waals surface area contributed by atoms with E-state index in [1.165, 1.54) is 101 Å². The number of aliphatic hydroxyl groups excluding tert-OH is 1. The second-order valence-corrected chi connectivity index (χ2v) is 10.5. The number of hydrogen-bond acceptors (Lipinski definition) is 3. The number of rotatable bonds is 12. The summed E-state index contributed by atoms with van der Waals surface area (Å²) in [5, 5.41) is 8.36. The molecule has 0 unspecified atom stereocenters. The molecule has 0 bridgehead atoms. The van der Waals surface area contributed by atoms with E-state index >= 15 is 0 Å². The summed E-state index contributed by atoms with van der Waals surface area (Å²) in [4.78, 5) is 14.6. The average Bonchev–Trinajstić information content (AvgIpc) is 3.19. The molecule has 2 aromatic carbocycles. The van der Waals surface area contributed by atoms with Crippen molar-refractivity contribution in [1.29, 1.82) is 0 Å². The topological polar surface area (TPSA) is 50.2 Å². The van der Waals surface area contributed by atoms with Gasteiger partial charge in [0.1, 0.15) is 0 Å². The summed E-state index contributed by atoms with van der Waals surface area (Å²) < 4.78 is 0. The van der Waals surface area contributed by atoms with Crippen LogP contribution in [0.25, 0.3) is 22.4 Å². The van der Waals surface area contributed by atoms with Gasteiger partial charge in [-0.15, -0.1) is 29.3 Å². The van der Waals surface area contributed by atoms with Gasteiger partial charge in [0.25, 0.3) is 0 Å². The van der Waals surface area contributed by atoms with Crippen LogP contribution in [-0.4, -0.2) is 15.9 Å². The second kappa shape index (κ2) is 16.5. The van der Waals surface area contributed by atoms with E-state index in [-0.39, 0.29) is 37.1 Å². The largest absolute Gasteiger partial charge is 0.512 e. The van der Waals surface area contributed by atoms with Gasteiger partial charge in [-0.05, 0) is 44.0 Å². The van der Waals surface area contributed by atoms with Crippen molar-refractivity contribution in [2.24, 2.45) is 0 Å². The van der Waals surface area contributed by atoms with E-state index in [4.69, 9.17) is 5.11 Å². The van der Waals surface area contributed by atoms with Crippen molar-refractivity contribution in [3.05, 3.63) is 89.8 Å². The maximum atomic E-state index is 10.0. The van der Waals surface area contributed by atoms with Crippen LogP contribution >= 0.6 is 0 Å². The Morgan fingerprint density at radius 1 is 0.872 bits per heavy atom. The molecule has 1 aliphatic carbocycles. The third kappa shape index (κ3) is 8.72. The zero-order chi connectivity index (χ0) is 27.4. The summed E-state index contributed by atoms with van der Waals surface area (Å²) in [5.74, 6) is -0.0625. The van der Waals surface area contributed by atoms with E-state index in [0.29, 0.717) is 0 Å². The zero-order valence-electron chi connectivity index (χ0n) is 24.1. The number of pyridine rings is 1. The van der Waals surface area contributed by atoms with Gasteiger partial charge in [-0.2, -0.15) is 0 Å². The number of benzene rings is 2. The van der Waals surface area contributed by atoms with Crippen LogP contribution in [0.2, 0.25) is 0 Å². The standard InChI is InChI=1S/C30H36N.C5H8O2.Ir/c1-3-5-7-12-20-30(21-13-8-6-4-2)27-16-10-9-15-25(27)26-19-18-24(23-28(26)30)29-17-11-14-22-31-29;1-4(6)3-5(2)7;/h9-11,14-17,19,22-23H,3-8,12-13,20-21H2,1-2H3;3,6H,1-2H3;/q-1;;/b;4-3-;. The SMILES string of the molecule is CC(=O)/C=C(/C)O.CCCCCCC1(CCCCCC)c2ccccc2-c2c[c-]c(-c3ccccn3)cc21.[Ir]. The van der Waals surface area contributed by atoms with E-state index in [0.717, 1.165) is 11.3 Å². The third-order valence-electron chi connectivity index (χ3n) is 7.47. The molecule has 1 radical (unpaired) electrons. The molecule has 3 aromatic rings. The minimum atomic E-state index is -0.125. The molecule has 1 heterocycles. The Balaban J connectivity index is 0.000000592. The first-order chi connectivity index (χ1) is 18.4. The number of aromatic nitrogens is 1. The molecule has 3 nitrogen and oxygen atoms in total. The molecule has 0 atom stereocenters. The minimum absolute atomic E-state index is 0. The summed E-state index contributed by atoms with van der Waals surface area (Å²) in [6.45, 7) is 7.45. The van der Waals surface area contributed by atoms with Gasteiger partial charge >= 0.3 is 0 Å². The molecule has 39 heavy (non-hydrogen) atoms. The fourth-order valence-corrected chi connectivity index (χ4v) is 5.73. The predicted octanol–water partition coefficient (Wildman–Crippen LogP) is 9.79. The summed E-state index contributed by atoms with van der Waals surface area (Å²) in [6.07, 6.45) is 16.0. The second-order valence-electron chi connectivity index (χ2n) is 10.5. The number of hydrogen-bond donors (Lipinski definition) is 1. The number of fused-ring (bicyclic) bond motifs is 3. The van der Waals surface area contributed by atoms with Gasteiger partial charge in [-0.3, -0.25) is 4.79 Å². The molecule has 0 spiro atoms. The fraction of sp³-hybridized carbons (Fsp3) is 0.429. The number of unbranched alkanes of at least 4 members (excludes halogenated alkanes) is 6. The van der Waals surface area contributed by atoms with Crippen LogP contribution in [0.15, 0.2) is 72.6 Å². The van der Waals surface area contributed by atoms with Crippen LogP contribution in [0.4, 0.5) is 0 Å². The summed E-state index contributed by atoms with van der Waals surface area (Å²) in [7, 11) is 0. The van der Waals surface area contributed by atoms with Gasteiger partial charge in [-0.1, -0.05) is 113 Å². The molecule has 1 N–H and O–H groups in total. The summed E-state index contributed by atoms with van der Waals surface area (Å²) in [6, 6.07) is 23.5. The molecule has 0 fully saturated rings. The van der Waals surface area contributed by atoms with Gasteiger partial charge in [0.15, 0.2) is 5.78 Å². The van der Waals surface area contributed by atoms with E-state index in [1.54, 1.807) is 5.56 Å². The maximum absolute atomic E-state index is 10.0. The average molecular weight is 703 g/mol. The molecule has 0 saturated heterocycles. The molecule has 0 saturated carbocycles. The summed E-state index contributed by atoms with van der Waals surface area (Å²) in [5.41, 5.74) is 8.15. The Labute approximate surface area is 249 Å². The Bertz CT molecular complexity index is 1190. The van der Waals surface area contributed by atoms with Gasteiger partial charge in [-0.25, -0.2) is 0 Å². The molecular weight excluding hydrogens is 659 g/mol. The predicted molar refractivity (Wildman–Crippen MR) is 159 cm³/mol. The fourth-order valence-electron chi connectivity index (χ4n) is 5.73. The first kappa shape index (κ1) is 32.7. The Morgan fingerprint density at radius 2 is 1.51 bits per heavy atom. The monoisotopic (exact) mass is 703 g/mol. The number of carbonyl (C=O) groups is 1. The Morgan fingerprint density at radius 3 is 2.05 bits per heavy atom. The van der Waals surface area contributed by atoms with Crippen molar-refractivity contribution in [3.8, 4) is 22.4 Å². The molecule has 0 amide bonds. The van der Waals surface area contributed by atoms with Crippen LogP contribution in [0.3, 0.4) is 0 Å². The molecular formula is C35H44IrNO2-. The number of nitrogens with zero attached hydrogens (tertiary/aromatic N) is 1. The third-order valence-corrected chi connectivity index (χ3v) is 7.47. The Kier molecular flexibility index (Phi) is 13.8. The van der Waals surface area contributed by atoms with Gasteiger partial charge in [0.2, 0.25) is 0 Å². The molecule has 4 heteroatoms. The Hall–Kier alpha value is -2.55. The van der Waals surface area contributed by atoms with E-state index in [2.05, 4.69) is 73.4 Å². The van der Waals surface area contributed by atoms with Gasteiger partial charge in [0.05, 0.1) is 5.76 Å². The first-order valence-electron chi connectivity index (χ1n) is 14.4. The molecule has 0 aliphatic heterocycles. The van der Waals surface area contributed by atoms with Crippen molar-refractivity contribution < 1.29 is 30.0 Å². The van der Waals surface area contributed by atoms with Crippen LogP contribution in [-0.2, 0) is 30.3 Å². The normalized spacial score (nSPS) is 13.0. The van der Waals surface area contributed by atoms with Gasteiger partial charge < -0.3 is 10.1 Å². The van der Waals surface area contributed by atoms with E-state index in [9.17, 15) is 4.79 Å². The first-order valence-corrected chi connectivity index (χ1v) is 14.4. The van der Waals surface area contributed by atoms with Crippen LogP contribution in [0.1, 0.15) is 103 Å². The van der Waals surface area contributed by atoms with E-state index < -0.39 is 0 Å². The maximum Gasteiger partial charge on any atom is 0.155 e. The molecule has 4 rings (SSSR count). The van der Waals surface area contributed by atoms with Crippen LogP contribution in [0.5, 0.6) is 0 Å². The van der Waals surface area contributed by atoms with E-state index in [1.807, 2.05) is 12.3 Å². The van der Waals surface area contributed by atoms with Crippen molar-refractivity contribution in [2.45, 2.75) is 97.3 Å². The quantitative estimate of drug-likeness (QED) is 0.0885. The zero-order valence-corrected chi connectivity index (χ0v) is 26.5. The van der Waals surface area contributed by atoms with Crippen molar-refractivity contribution in [2.75, 3.05) is 0 Å².